The van der Waals surface area contributed by atoms with Gasteiger partial charge in [-0.2, -0.15) is 31.6 Å². The molecule has 2 aromatic carbocycles. The molecule has 0 N–H and O–H groups in total. The van der Waals surface area contributed by atoms with Crippen molar-refractivity contribution >= 4 is 22.4 Å². The Morgan fingerprint density at radius 3 is 2.03 bits per heavy atom. The minimum absolute atomic E-state index is 0.0522. The van der Waals surface area contributed by atoms with E-state index in [-0.39, 0.29) is 30.2 Å². The smallest absolute Gasteiger partial charge is 0.416 e. The van der Waals surface area contributed by atoms with E-state index in [4.69, 9.17) is 4.74 Å². The summed E-state index contributed by atoms with van der Waals surface area (Å²) in [7, 11) is 1.16. The molecule has 0 radical (unpaired) electrons. The Bertz CT molecular complexity index is 1370. The summed E-state index contributed by atoms with van der Waals surface area (Å²) in [5.74, 6) is -0.812. The highest BCUT2D eigenvalue weighted by atomic mass is 19.4. The summed E-state index contributed by atoms with van der Waals surface area (Å²) in [5.41, 5.74) is -2.14. The summed E-state index contributed by atoms with van der Waals surface area (Å²) in [6.07, 6.45) is -8.33. The predicted molar refractivity (Wildman–Crippen MR) is 126 cm³/mol. The molecule has 0 spiro atoms. The van der Waals surface area contributed by atoms with Crippen LogP contribution in [-0.2, 0) is 34.8 Å². The Morgan fingerprint density at radius 1 is 0.973 bits per heavy atom. The molecular formula is C27H24F6N2O2. The Hall–Kier alpha value is -3.74. The number of aromatic nitrogens is 1. The maximum absolute atomic E-state index is 13.3. The monoisotopic (exact) mass is 522 g/mol. The number of benzene rings is 2. The molecule has 1 aromatic heterocycles. The maximum atomic E-state index is 13.3. The van der Waals surface area contributed by atoms with E-state index in [1.165, 1.54) is 0 Å². The van der Waals surface area contributed by atoms with Crippen LogP contribution in [-0.4, -0.2) is 17.6 Å². The molecule has 0 saturated heterocycles. The molecule has 0 bridgehead atoms. The van der Waals surface area contributed by atoms with Gasteiger partial charge in [0, 0.05) is 29.2 Å². The predicted octanol–water partition coefficient (Wildman–Crippen LogP) is 7.42. The summed E-state index contributed by atoms with van der Waals surface area (Å²) >= 11 is 0. The molecule has 1 heterocycles. The van der Waals surface area contributed by atoms with Gasteiger partial charge in [-0.1, -0.05) is 39.0 Å². The van der Waals surface area contributed by atoms with Crippen LogP contribution in [0.4, 0.5) is 26.3 Å². The van der Waals surface area contributed by atoms with Gasteiger partial charge in [-0.3, -0.25) is 0 Å². The third kappa shape index (κ3) is 5.98. The molecule has 0 amide bonds. The molecule has 3 aromatic rings. The van der Waals surface area contributed by atoms with Crippen LogP contribution in [0, 0.1) is 16.7 Å². The average molecular weight is 522 g/mol. The Kier molecular flexibility index (Phi) is 7.49. The molecule has 37 heavy (non-hydrogen) atoms. The average Bonchev–Trinajstić information content (AvgIpc) is 3.16. The topological polar surface area (TPSA) is 55.0 Å². The van der Waals surface area contributed by atoms with Crippen molar-refractivity contribution in [3.05, 3.63) is 76.5 Å². The normalized spacial score (nSPS) is 13.3. The van der Waals surface area contributed by atoms with Gasteiger partial charge in [0.05, 0.1) is 18.2 Å². The number of nitrogens with zero attached hydrogens (tertiary/aromatic N) is 2. The molecule has 0 aliphatic rings. The highest BCUT2D eigenvalue weighted by Crippen LogP contribution is 2.41. The lowest BCUT2D eigenvalue weighted by atomic mass is 9.79. The van der Waals surface area contributed by atoms with Crippen molar-refractivity contribution in [2.45, 2.75) is 46.1 Å². The van der Waals surface area contributed by atoms with E-state index in [0.29, 0.717) is 34.2 Å². The second kappa shape index (κ2) is 9.96. The number of allylic oxidation sites excluding steroid dienone is 1. The zero-order valence-corrected chi connectivity index (χ0v) is 20.5. The first-order valence-corrected chi connectivity index (χ1v) is 11.2. The quantitative estimate of drug-likeness (QED) is 0.152. The number of alkyl halides is 6. The number of carbonyl (C=O) groups excluding carboxylic acids is 1. The number of hydrogen-bond acceptors (Lipinski definition) is 3. The fraction of sp³-hybridized carbons (Fsp3) is 0.333. The molecule has 0 aliphatic heterocycles. The number of nitriles is 1. The van der Waals surface area contributed by atoms with Crippen LogP contribution in [0.25, 0.3) is 16.5 Å². The molecule has 0 unspecified atom stereocenters. The molecule has 0 atom stereocenters. The van der Waals surface area contributed by atoms with E-state index >= 15 is 0 Å². The van der Waals surface area contributed by atoms with Crippen molar-refractivity contribution in [1.29, 1.82) is 5.26 Å². The number of carbonyl (C=O) groups is 1. The van der Waals surface area contributed by atoms with Crippen molar-refractivity contribution in [3.8, 4) is 6.07 Å². The molecule has 4 nitrogen and oxygen atoms in total. The highest BCUT2D eigenvalue weighted by molar-refractivity contribution is 6.06. The summed E-state index contributed by atoms with van der Waals surface area (Å²) in [4.78, 5) is 12.4. The number of aryl methyl sites for hydroxylation is 2. The van der Waals surface area contributed by atoms with E-state index in [9.17, 15) is 36.4 Å². The van der Waals surface area contributed by atoms with E-state index in [2.05, 4.69) is 0 Å². The fourth-order valence-electron chi connectivity index (χ4n) is 4.26. The Balaban J connectivity index is 2.14. The number of methoxy groups -OCH3 is 1. The second-order valence-electron chi connectivity index (χ2n) is 9.52. The number of esters is 1. The van der Waals surface area contributed by atoms with Crippen molar-refractivity contribution in [3.63, 3.8) is 0 Å². The van der Waals surface area contributed by atoms with Gasteiger partial charge in [0.2, 0.25) is 0 Å². The zero-order chi connectivity index (χ0) is 27.8. The highest BCUT2D eigenvalue weighted by Gasteiger charge is 2.37. The number of halogens is 6. The standard InChI is InChI=1S/C27H24F6N2O2/c1-25(2,3)23(20(14-34)24(36)37-4)21-15-35(22-8-6-5-7-19(21)22)10-9-16-11-17(26(28,29)30)13-18(12-16)27(31,32)33/h5-8,11-13,15H,9-10H2,1-4H3/b23-20-. The van der Waals surface area contributed by atoms with Gasteiger partial charge in [-0.05, 0) is 47.2 Å². The van der Waals surface area contributed by atoms with Gasteiger partial charge >= 0.3 is 18.3 Å². The number of hydrogen-bond donors (Lipinski definition) is 0. The van der Waals surface area contributed by atoms with E-state index in [0.717, 1.165) is 7.11 Å². The van der Waals surface area contributed by atoms with E-state index in [1.54, 1.807) is 35.0 Å². The lowest BCUT2D eigenvalue weighted by molar-refractivity contribution is -0.143. The van der Waals surface area contributed by atoms with Gasteiger partial charge in [0.25, 0.3) is 0 Å². The third-order valence-electron chi connectivity index (χ3n) is 5.85. The lowest BCUT2D eigenvalue weighted by Gasteiger charge is -2.24. The van der Waals surface area contributed by atoms with Crippen molar-refractivity contribution in [2.75, 3.05) is 7.11 Å². The molecule has 3 rings (SSSR count). The van der Waals surface area contributed by atoms with Gasteiger partial charge in [-0.15, -0.1) is 0 Å². The first-order chi connectivity index (χ1) is 17.1. The largest absolute Gasteiger partial charge is 0.465 e. The molecule has 196 valence electrons. The summed E-state index contributed by atoms with van der Waals surface area (Å²) in [6.45, 7) is 5.50. The number of para-hydroxylation sites is 1. The van der Waals surface area contributed by atoms with Crippen LogP contribution in [0.2, 0.25) is 0 Å². The van der Waals surface area contributed by atoms with Crippen molar-refractivity contribution in [1.82, 2.24) is 4.57 Å². The van der Waals surface area contributed by atoms with Crippen LogP contribution in [0.5, 0.6) is 0 Å². The lowest BCUT2D eigenvalue weighted by Crippen LogP contribution is -2.16. The van der Waals surface area contributed by atoms with Crippen LogP contribution >= 0.6 is 0 Å². The minimum atomic E-state index is -4.93. The first-order valence-electron chi connectivity index (χ1n) is 11.2. The Labute approximate surface area is 209 Å². The van der Waals surface area contributed by atoms with Crippen molar-refractivity contribution < 1.29 is 35.9 Å². The molecule has 0 saturated carbocycles. The number of fused-ring (bicyclic) bond motifs is 1. The minimum Gasteiger partial charge on any atom is -0.465 e. The third-order valence-corrected chi connectivity index (χ3v) is 5.85. The van der Waals surface area contributed by atoms with Gasteiger partial charge < -0.3 is 9.30 Å². The summed E-state index contributed by atoms with van der Waals surface area (Å²) in [5, 5.41) is 10.4. The molecular weight excluding hydrogens is 498 g/mol. The molecule has 0 fully saturated rings. The van der Waals surface area contributed by atoms with Crippen LogP contribution < -0.4 is 0 Å². The van der Waals surface area contributed by atoms with Gasteiger partial charge in [0.1, 0.15) is 11.6 Å². The summed E-state index contributed by atoms with van der Waals surface area (Å²) < 4.78 is 86.1. The SMILES string of the molecule is COC(=O)/C(C#N)=C(/c1cn(CCc2cc(C(F)(F)F)cc(C(F)(F)F)c2)c2ccccc12)C(C)(C)C. The number of ether oxygens (including phenoxy) is 1. The van der Waals surface area contributed by atoms with Crippen LogP contribution in [0.3, 0.4) is 0 Å². The van der Waals surface area contributed by atoms with Crippen LogP contribution in [0.15, 0.2) is 54.2 Å². The molecule has 10 heteroatoms. The Morgan fingerprint density at radius 2 is 1.54 bits per heavy atom. The van der Waals surface area contributed by atoms with Gasteiger partial charge in [0.15, 0.2) is 0 Å². The van der Waals surface area contributed by atoms with Gasteiger partial charge in [-0.25, -0.2) is 4.79 Å². The second-order valence-corrected chi connectivity index (χ2v) is 9.52. The fourth-order valence-corrected chi connectivity index (χ4v) is 4.26. The summed E-state index contributed by atoms with van der Waals surface area (Å²) in [6, 6.07) is 10.5. The molecule has 0 aliphatic carbocycles. The van der Waals surface area contributed by atoms with Crippen LogP contribution in [0.1, 0.15) is 43.0 Å². The van der Waals surface area contributed by atoms with E-state index in [1.807, 2.05) is 26.8 Å². The van der Waals surface area contributed by atoms with E-state index < -0.39 is 34.9 Å². The first kappa shape index (κ1) is 27.8. The zero-order valence-electron chi connectivity index (χ0n) is 20.5. The maximum Gasteiger partial charge on any atom is 0.416 e. The van der Waals surface area contributed by atoms with Crippen molar-refractivity contribution in [2.24, 2.45) is 5.41 Å². The number of rotatable bonds is 5.